The van der Waals surface area contributed by atoms with Crippen LogP contribution in [0.15, 0.2) is 0 Å². The van der Waals surface area contributed by atoms with Crippen molar-refractivity contribution in [2.24, 2.45) is 0 Å². The first kappa shape index (κ1) is 14.5. The van der Waals surface area contributed by atoms with Crippen molar-refractivity contribution in [1.29, 1.82) is 0 Å². The zero-order valence-electron chi connectivity index (χ0n) is 12.6. The number of rotatable bonds is 5. The number of hydrogen-bond donors (Lipinski definition) is 1. The normalized spacial score (nSPS) is 20.9. The Bertz CT molecular complexity index is 416. The van der Waals surface area contributed by atoms with Crippen LogP contribution in [0.25, 0.3) is 0 Å². The number of nitrogens with zero attached hydrogens (tertiary/aromatic N) is 3. The number of morpholine rings is 1. The number of aromatic nitrogens is 2. The maximum Gasteiger partial charge on any atom is 0.0826 e. The van der Waals surface area contributed by atoms with E-state index in [1.54, 1.807) is 0 Å². The smallest absolute Gasteiger partial charge is 0.0826 e. The van der Waals surface area contributed by atoms with Crippen LogP contribution in [0.4, 0.5) is 0 Å². The van der Waals surface area contributed by atoms with Crippen LogP contribution in [0.5, 0.6) is 0 Å². The standard InChI is InChI=1S/C14H26N4O/c1-5-18-12(3)14(11(2)16-18)9-15-8-13-10-17(4)6-7-19-13/h13,15H,5-10H2,1-4H3/t13-/m1/s1. The van der Waals surface area contributed by atoms with Crippen molar-refractivity contribution in [3.05, 3.63) is 17.0 Å². The van der Waals surface area contributed by atoms with Crippen LogP contribution in [-0.4, -0.2) is 54.1 Å². The van der Waals surface area contributed by atoms with Crippen molar-refractivity contribution in [1.82, 2.24) is 20.0 Å². The topological polar surface area (TPSA) is 42.3 Å². The summed E-state index contributed by atoms with van der Waals surface area (Å²) < 4.78 is 7.81. The van der Waals surface area contributed by atoms with Crippen LogP contribution < -0.4 is 5.32 Å². The van der Waals surface area contributed by atoms with Crippen LogP contribution in [0.3, 0.4) is 0 Å². The van der Waals surface area contributed by atoms with Crippen molar-refractivity contribution in [2.75, 3.05) is 33.3 Å². The molecule has 0 aliphatic carbocycles. The molecule has 1 aromatic heterocycles. The number of likely N-dealkylation sites (N-methyl/N-ethyl adjacent to an activating group) is 1. The molecule has 0 bridgehead atoms. The van der Waals surface area contributed by atoms with Gasteiger partial charge in [-0.1, -0.05) is 0 Å². The van der Waals surface area contributed by atoms with Crippen LogP contribution in [0.1, 0.15) is 23.9 Å². The second-order valence-electron chi connectivity index (χ2n) is 5.35. The Labute approximate surface area is 115 Å². The minimum Gasteiger partial charge on any atom is -0.374 e. The molecule has 1 atom stereocenters. The van der Waals surface area contributed by atoms with Gasteiger partial charge in [0.1, 0.15) is 0 Å². The van der Waals surface area contributed by atoms with Crippen LogP contribution in [0.2, 0.25) is 0 Å². The number of aryl methyl sites for hydroxylation is 2. The van der Waals surface area contributed by atoms with Crippen molar-refractivity contribution in [3.8, 4) is 0 Å². The maximum absolute atomic E-state index is 5.75. The summed E-state index contributed by atoms with van der Waals surface area (Å²) in [5.41, 5.74) is 3.73. The molecule has 1 aliphatic heterocycles. The van der Waals surface area contributed by atoms with Gasteiger partial charge in [-0.05, 0) is 27.8 Å². The van der Waals surface area contributed by atoms with E-state index in [1.807, 2.05) is 0 Å². The summed E-state index contributed by atoms with van der Waals surface area (Å²) in [5, 5.41) is 8.05. The van der Waals surface area contributed by atoms with Crippen LogP contribution in [0, 0.1) is 13.8 Å². The molecular weight excluding hydrogens is 240 g/mol. The molecule has 0 saturated carbocycles. The number of ether oxygens (including phenoxy) is 1. The molecule has 0 radical (unpaired) electrons. The third-order valence-corrected chi connectivity index (χ3v) is 3.85. The molecule has 5 nitrogen and oxygen atoms in total. The highest BCUT2D eigenvalue weighted by Crippen LogP contribution is 2.12. The highest BCUT2D eigenvalue weighted by Gasteiger charge is 2.17. The molecular formula is C14H26N4O. The fraction of sp³-hybridized carbons (Fsp3) is 0.786. The van der Waals surface area contributed by atoms with E-state index in [0.29, 0.717) is 6.10 Å². The Morgan fingerprint density at radius 2 is 2.21 bits per heavy atom. The van der Waals surface area contributed by atoms with E-state index in [2.05, 4.69) is 47.8 Å². The van der Waals surface area contributed by atoms with Crippen molar-refractivity contribution in [2.45, 2.75) is 40.0 Å². The molecule has 0 spiro atoms. The summed E-state index contributed by atoms with van der Waals surface area (Å²) in [6, 6.07) is 0. The highest BCUT2D eigenvalue weighted by molar-refractivity contribution is 5.24. The molecule has 2 rings (SSSR count). The lowest BCUT2D eigenvalue weighted by molar-refractivity contribution is -0.0182. The van der Waals surface area contributed by atoms with Crippen molar-refractivity contribution < 1.29 is 4.74 Å². The highest BCUT2D eigenvalue weighted by atomic mass is 16.5. The second kappa shape index (κ2) is 6.50. The first-order chi connectivity index (χ1) is 9.11. The van der Waals surface area contributed by atoms with Gasteiger partial charge in [0.25, 0.3) is 0 Å². The van der Waals surface area contributed by atoms with Crippen molar-refractivity contribution in [3.63, 3.8) is 0 Å². The van der Waals surface area contributed by atoms with E-state index in [1.165, 1.54) is 11.3 Å². The zero-order valence-corrected chi connectivity index (χ0v) is 12.6. The summed E-state index contributed by atoms with van der Waals surface area (Å²) in [6.45, 7) is 12.0. The molecule has 2 heterocycles. The predicted molar refractivity (Wildman–Crippen MR) is 76.3 cm³/mol. The molecule has 0 amide bonds. The first-order valence-electron chi connectivity index (χ1n) is 7.15. The van der Waals surface area contributed by atoms with Gasteiger partial charge in [-0.3, -0.25) is 4.68 Å². The van der Waals surface area contributed by atoms with E-state index in [-0.39, 0.29) is 0 Å². The van der Waals surface area contributed by atoms with E-state index < -0.39 is 0 Å². The van der Waals surface area contributed by atoms with E-state index in [4.69, 9.17) is 4.74 Å². The predicted octanol–water partition coefficient (Wildman–Crippen LogP) is 0.940. The molecule has 1 N–H and O–H groups in total. The third-order valence-electron chi connectivity index (χ3n) is 3.85. The SMILES string of the molecule is CCn1nc(C)c(CNC[C@@H]2CN(C)CCO2)c1C. The van der Waals surface area contributed by atoms with Gasteiger partial charge in [-0.25, -0.2) is 0 Å². The van der Waals surface area contributed by atoms with Crippen LogP contribution >= 0.6 is 0 Å². The Morgan fingerprint density at radius 3 is 2.84 bits per heavy atom. The molecule has 1 saturated heterocycles. The molecule has 1 aromatic rings. The minimum absolute atomic E-state index is 0.306. The van der Waals surface area contributed by atoms with E-state index >= 15 is 0 Å². The van der Waals surface area contributed by atoms with Gasteiger partial charge in [0.15, 0.2) is 0 Å². The molecule has 1 fully saturated rings. The van der Waals surface area contributed by atoms with Gasteiger partial charge >= 0.3 is 0 Å². The maximum atomic E-state index is 5.75. The Morgan fingerprint density at radius 1 is 1.42 bits per heavy atom. The Kier molecular flexibility index (Phi) is 4.96. The monoisotopic (exact) mass is 266 g/mol. The molecule has 5 heteroatoms. The Hall–Kier alpha value is -0.910. The third kappa shape index (κ3) is 3.55. The van der Waals surface area contributed by atoms with E-state index in [0.717, 1.165) is 45.0 Å². The molecule has 1 aliphatic rings. The molecule has 108 valence electrons. The van der Waals surface area contributed by atoms with Gasteiger partial charge in [0.05, 0.1) is 18.4 Å². The molecule has 0 unspecified atom stereocenters. The lowest BCUT2D eigenvalue weighted by Crippen LogP contribution is -2.44. The summed E-state index contributed by atoms with van der Waals surface area (Å²) >= 11 is 0. The largest absolute Gasteiger partial charge is 0.374 e. The van der Waals surface area contributed by atoms with Crippen LogP contribution in [-0.2, 0) is 17.8 Å². The molecule has 19 heavy (non-hydrogen) atoms. The van der Waals surface area contributed by atoms with Gasteiger partial charge in [-0.2, -0.15) is 5.10 Å². The number of hydrogen-bond acceptors (Lipinski definition) is 4. The average molecular weight is 266 g/mol. The summed E-state index contributed by atoms with van der Waals surface area (Å²) in [5.74, 6) is 0. The van der Waals surface area contributed by atoms with Crippen molar-refractivity contribution >= 4 is 0 Å². The molecule has 0 aromatic carbocycles. The fourth-order valence-electron chi connectivity index (χ4n) is 2.65. The van der Waals surface area contributed by atoms with Gasteiger partial charge in [0.2, 0.25) is 0 Å². The van der Waals surface area contributed by atoms with Gasteiger partial charge in [-0.15, -0.1) is 0 Å². The zero-order chi connectivity index (χ0) is 13.8. The van der Waals surface area contributed by atoms with E-state index in [9.17, 15) is 0 Å². The quantitative estimate of drug-likeness (QED) is 0.861. The fourth-order valence-corrected chi connectivity index (χ4v) is 2.65. The summed E-state index contributed by atoms with van der Waals surface area (Å²) in [4.78, 5) is 2.32. The minimum atomic E-state index is 0.306. The van der Waals surface area contributed by atoms with Gasteiger partial charge in [0, 0.05) is 44.0 Å². The summed E-state index contributed by atoms with van der Waals surface area (Å²) in [6.07, 6.45) is 0.306. The first-order valence-corrected chi connectivity index (χ1v) is 7.15. The Balaban J connectivity index is 1.84. The summed E-state index contributed by atoms with van der Waals surface area (Å²) in [7, 11) is 2.15. The lowest BCUT2D eigenvalue weighted by atomic mass is 10.2. The average Bonchev–Trinajstić information content (AvgIpc) is 2.66. The second-order valence-corrected chi connectivity index (χ2v) is 5.35. The lowest BCUT2D eigenvalue weighted by Gasteiger charge is -2.30. The van der Waals surface area contributed by atoms with Gasteiger partial charge < -0.3 is 15.0 Å². The number of nitrogens with one attached hydrogen (secondary N) is 1.